The molecule has 19 heavy (non-hydrogen) atoms. The first-order valence-electron chi connectivity index (χ1n) is 6.44. The molecule has 0 spiro atoms. The molecule has 4 nitrogen and oxygen atoms in total. The maximum absolute atomic E-state index is 12.4. The van der Waals surface area contributed by atoms with E-state index in [2.05, 4.69) is 16.5 Å². The van der Waals surface area contributed by atoms with Gasteiger partial charge in [-0.05, 0) is 38.8 Å². The van der Waals surface area contributed by atoms with Crippen molar-refractivity contribution in [3.63, 3.8) is 0 Å². The van der Waals surface area contributed by atoms with Crippen LogP contribution in [-0.4, -0.2) is 33.9 Å². The van der Waals surface area contributed by atoms with Crippen LogP contribution in [0.15, 0.2) is 29.9 Å². The molecule has 0 saturated heterocycles. The van der Waals surface area contributed by atoms with Gasteiger partial charge in [0.25, 0.3) is 5.91 Å². The number of hydrogen-bond donors (Lipinski definition) is 0. The first kappa shape index (κ1) is 13.5. The highest BCUT2D eigenvalue weighted by atomic mass is 16.2. The Balaban J connectivity index is 2.22. The molecule has 1 aliphatic rings. The number of amides is 1. The zero-order valence-corrected chi connectivity index (χ0v) is 11.7. The molecule has 100 valence electrons. The highest BCUT2D eigenvalue weighted by Gasteiger charge is 2.22. The predicted molar refractivity (Wildman–Crippen MR) is 74.9 cm³/mol. The van der Waals surface area contributed by atoms with E-state index in [1.165, 1.54) is 11.1 Å². The van der Waals surface area contributed by atoms with Gasteiger partial charge < -0.3 is 4.90 Å². The van der Waals surface area contributed by atoms with Crippen molar-refractivity contribution < 1.29 is 4.79 Å². The third-order valence-corrected chi connectivity index (χ3v) is 3.35. The Morgan fingerprint density at radius 2 is 2.11 bits per heavy atom. The minimum absolute atomic E-state index is 0.0175. The summed E-state index contributed by atoms with van der Waals surface area (Å²) < 4.78 is 0. The highest BCUT2D eigenvalue weighted by Crippen LogP contribution is 2.19. The Labute approximate surface area is 113 Å². The van der Waals surface area contributed by atoms with Gasteiger partial charge in [0, 0.05) is 18.8 Å². The van der Waals surface area contributed by atoms with E-state index in [4.69, 9.17) is 0 Å². The van der Waals surface area contributed by atoms with Crippen LogP contribution in [0.2, 0.25) is 0 Å². The maximum atomic E-state index is 12.4. The third kappa shape index (κ3) is 2.89. The van der Waals surface area contributed by atoms with Crippen LogP contribution >= 0.6 is 0 Å². The largest absolute Gasteiger partial charge is 0.333 e. The molecule has 1 amide bonds. The van der Waals surface area contributed by atoms with Crippen LogP contribution in [0.3, 0.4) is 0 Å². The van der Waals surface area contributed by atoms with Crippen LogP contribution in [0, 0.1) is 13.8 Å². The molecule has 0 aliphatic carbocycles. The number of nitrogens with zero attached hydrogens (tertiary/aromatic N) is 3. The van der Waals surface area contributed by atoms with Gasteiger partial charge in [-0.1, -0.05) is 18.2 Å². The Bertz CT molecular complexity index is 540. The summed E-state index contributed by atoms with van der Waals surface area (Å²) in [6, 6.07) is 1.75. The average Bonchev–Trinajstić information content (AvgIpc) is 2.36. The summed E-state index contributed by atoms with van der Waals surface area (Å²) in [5.74, 6) is 0.621. The molecule has 0 aromatic carbocycles. The van der Waals surface area contributed by atoms with Crippen LogP contribution in [-0.2, 0) is 0 Å². The first-order valence-corrected chi connectivity index (χ1v) is 6.44. The molecule has 2 heterocycles. The minimum atomic E-state index is -0.0175. The lowest BCUT2D eigenvalue weighted by molar-refractivity contribution is 0.0758. The molecule has 0 unspecified atom stereocenters. The smallest absolute Gasteiger partial charge is 0.272 e. The minimum Gasteiger partial charge on any atom is -0.333 e. The van der Waals surface area contributed by atoms with Gasteiger partial charge in [-0.2, -0.15) is 0 Å². The molecule has 1 aliphatic heterocycles. The third-order valence-electron chi connectivity index (χ3n) is 3.35. The topological polar surface area (TPSA) is 46.1 Å². The lowest BCUT2D eigenvalue weighted by atomic mass is 10.0. The Hall–Kier alpha value is -1.97. The van der Waals surface area contributed by atoms with Crippen molar-refractivity contribution in [1.82, 2.24) is 14.9 Å². The molecule has 0 fully saturated rings. The summed E-state index contributed by atoms with van der Waals surface area (Å²) in [7, 11) is 0. The molecule has 0 N–H and O–H groups in total. The van der Waals surface area contributed by atoms with Crippen LogP contribution in [0.5, 0.6) is 0 Å². The van der Waals surface area contributed by atoms with E-state index in [0.29, 0.717) is 18.1 Å². The van der Waals surface area contributed by atoms with Crippen molar-refractivity contribution in [1.29, 1.82) is 0 Å². The Morgan fingerprint density at radius 1 is 1.37 bits per heavy atom. The van der Waals surface area contributed by atoms with Crippen molar-refractivity contribution in [2.45, 2.75) is 27.2 Å². The van der Waals surface area contributed by atoms with Crippen LogP contribution in [0.25, 0.3) is 0 Å². The molecule has 4 heteroatoms. The van der Waals surface area contributed by atoms with Gasteiger partial charge in [-0.3, -0.25) is 4.79 Å². The van der Waals surface area contributed by atoms with Crippen molar-refractivity contribution >= 4 is 5.91 Å². The second-order valence-corrected chi connectivity index (χ2v) is 4.93. The van der Waals surface area contributed by atoms with E-state index in [-0.39, 0.29) is 5.91 Å². The summed E-state index contributed by atoms with van der Waals surface area (Å²) in [6.07, 6.45) is 2.75. The highest BCUT2D eigenvalue weighted by molar-refractivity contribution is 5.92. The number of rotatable bonds is 2. The number of carbonyl (C=O) groups is 1. The van der Waals surface area contributed by atoms with Gasteiger partial charge in [0.1, 0.15) is 11.5 Å². The summed E-state index contributed by atoms with van der Waals surface area (Å²) in [5.41, 5.74) is 3.77. The number of carbonyl (C=O) groups excluding carboxylic acids is 1. The summed E-state index contributed by atoms with van der Waals surface area (Å²) in [5, 5.41) is 0. The molecule has 1 aromatic heterocycles. The van der Waals surface area contributed by atoms with Crippen LogP contribution in [0.1, 0.15) is 35.4 Å². The van der Waals surface area contributed by atoms with Crippen molar-refractivity contribution in [2.75, 3.05) is 13.1 Å². The Morgan fingerprint density at radius 3 is 2.68 bits per heavy atom. The van der Waals surface area contributed by atoms with Gasteiger partial charge in [0.05, 0.1) is 0 Å². The number of hydrogen-bond acceptors (Lipinski definition) is 3. The van der Waals surface area contributed by atoms with Crippen molar-refractivity contribution in [2.24, 2.45) is 0 Å². The predicted octanol–water partition coefficient (Wildman–Crippen LogP) is 2.44. The zero-order valence-electron chi connectivity index (χ0n) is 11.7. The van der Waals surface area contributed by atoms with Gasteiger partial charge in [-0.25, -0.2) is 9.97 Å². The second kappa shape index (κ2) is 5.34. The lowest BCUT2D eigenvalue weighted by Crippen LogP contribution is -2.37. The molecule has 0 atom stereocenters. The molecular weight excluding hydrogens is 238 g/mol. The van der Waals surface area contributed by atoms with E-state index in [1.807, 2.05) is 24.8 Å². The Kier molecular flexibility index (Phi) is 3.79. The van der Waals surface area contributed by atoms with Crippen molar-refractivity contribution in [3.05, 3.63) is 47.1 Å². The number of allylic oxidation sites excluding steroid dienone is 1. The van der Waals surface area contributed by atoms with Gasteiger partial charge in [-0.15, -0.1) is 0 Å². The number of aryl methyl sites for hydroxylation is 2. The molecule has 2 rings (SSSR count). The molecule has 0 saturated carbocycles. The summed E-state index contributed by atoms with van der Waals surface area (Å²) >= 11 is 0. The molecule has 1 aromatic rings. The van der Waals surface area contributed by atoms with E-state index in [0.717, 1.165) is 18.7 Å². The summed E-state index contributed by atoms with van der Waals surface area (Å²) in [4.78, 5) is 22.7. The first-order chi connectivity index (χ1) is 9.01. The van der Waals surface area contributed by atoms with Gasteiger partial charge >= 0.3 is 0 Å². The second-order valence-electron chi connectivity index (χ2n) is 4.93. The molecule has 0 bridgehead atoms. The van der Waals surface area contributed by atoms with Gasteiger partial charge in [0.15, 0.2) is 0 Å². The van der Waals surface area contributed by atoms with Crippen LogP contribution in [0.4, 0.5) is 0 Å². The monoisotopic (exact) mass is 257 g/mol. The van der Waals surface area contributed by atoms with Gasteiger partial charge in [0.2, 0.25) is 0 Å². The molecule has 0 radical (unpaired) electrons. The fraction of sp³-hybridized carbons (Fsp3) is 0.400. The fourth-order valence-corrected chi connectivity index (χ4v) is 2.37. The van der Waals surface area contributed by atoms with E-state index in [9.17, 15) is 4.79 Å². The summed E-state index contributed by atoms with van der Waals surface area (Å²) in [6.45, 7) is 10.9. The number of aromatic nitrogens is 2. The quantitative estimate of drug-likeness (QED) is 0.817. The van der Waals surface area contributed by atoms with Crippen LogP contribution < -0.4 is 0 Å². The zero-order chi connectivity index (χ0) is 14.0. The average molecular weight is 257 g/mol. The molecular formula is C15H19N3O. The lowest BCUT2D eigenvalue weighted by Gasteiger charge is -2.28. The van der Waals surface area contributed by atoms with E-state index < -0.39 is 0 Å². The normalized spacial score (nSPS) is 15.6. The van der Waals surface area contributed by atoms with E-state index >= 15 is 0 Å². The fourth-order valence-electron chi connectivity index (χ4n) is 2.37. The standard InChI is InChI=1S/C15H19N3O/c1-5-13-6-7-18(9-10(13)2)15(19)14-8-11(3)16-12(4)17-14/h5,8H,1,6-7,9H2,2-4H3. The maximum Gasteiger partial charge on any atom is 0.272 e. The van der Waals surface area contributed by atoms with Crippen molar-refractivity contribution in [3.8, 4) is 0 Å². The van der Waals surface area contributed by atoms with E-state index in [1.54, 1.807) is 13.0 Å². The SMILES string of the molecule is C=CC1=C(C)CN(C(=O)c2cc(C)nc(C)n2)CC1.